The zero-order valence-electron chi connectivity index (χ0n) is 35.9. The number of nitrogens with one attached hydrogen (secondary N) is 2. The van der Waals surface area contributed by atoms with E-state index < -0.39 is 22.0 Å². The molecule has 0 radical (unpaired) electrons. The van der Waals surface area contributed by atoms with Gasteiger partial charge in [0, 0.05) is 86.6 Å². The van der Waals surface area contributed by atoms with Crippen molar-refractivity contribution in [2.45, 2.75) is 19.7 Å². The summed E-state index contributed by atoms with van der Waals surface area (Å²) in [4.78, 5) is 75.1. The standard InChI is InChI=1S/C25H28N6O3.C18H20FN7O4/c1-28-22-21(23(32)29(2)25(28)33)31(24(27-22)30-14-12-26-13-15-30)16-18-8-10-20(11-9-18)34-17-19-6-4-3-5-7-19;1-22-15-14(16(27)23(2)18(22)28)25(17(21-15)24-8-6-20-7-9-24)10-11-12(19)4-3-5-13(11)26(29)30/h3-11,26H,12-17H2,1-2H3;3-5,20H,6-10H2,1-2H3. The molecule has 2 saturated heterocycles. The molecule has 21 heteroatoms. The Balaban J connectivity index is 0.000000176. The maximum absolute atomic E-state index is 14.6. The zero-order chi connectivity index (χ0) is 45.2. The van der Waals surface area contributed by atoms with Crippen molar-refractivity contribution in [1.29, 1.82) is 0 Å². The number of aryl methyl sites for hydroxylation is 2. The number of hydrogen-bond donors (Lipinski definition) is 2. The Morgan fingerprint density at radius 3 is 1.64 bits per heavy atom. The predicted molar refractivity (Wildman–Crippen MR) is 239 cm³/mol. The SMILES string of the molecule is Cn1c(=O)c2c(nc(N3CCNCC3)n2Cc2c(F)cccc2[N+](=O)[O-])n(C)c1=O.Cn1c(=O)c2c(nc(N3CCNCC3)n2Cc2ccc(OCc3ccccc3)cc2)n(C)c1=O. The quantitative estimate of drug-likeness (QED) is 0.148. The summed E-state index contributed by atoms with van der Waals surface area (Å²) < 4.78 is 28.7. The average Bonchev–Trinajstić information content (AvgIpc) is 3.89. The van der Waals surface area contributed by atoms with E-state index in [0.717, 1.165) is 58.3 Å². The molecular formula is C43H48FN13O7. The van der Waals surface area contributed by atoms with Crippen molar-refractivity contribution in [3.63, 3.8) is 0 Å². The fourth-order valence-electron chi connectivity index (χ4n) is 8.03. The molecule has 3 aromatic carbocycles. The molecular weight excluding hydrogens is 830 g/mol. The fourth-order valence-corrected chi connectivity index (χ4v) is 8.03. The van der Waals surface area contributed by atoms with Crippen LogP contribution in [0.4, 0.5) is 22.0 Å². The van der Waals surface area contributed by atoms with Crippen molar-refractivity contribution in [2.75, 3.05) is 62.2 Å². The number of piperazine rings is 2. The Kier molecular flexibility index (Phi) is 12.3. The molecule has 2 aliphatic rings. The van der Waals surface area contributed by atoms with Gasteiger partial charge in [-0.1, -0.05) is 48.5 Å². The van der Waals surface area contributed by atoms with E-state index in [1.807, 2.05) is 64.1 Å². The summed E-state index contributed by atoms with van der Waals surface area (Å²) >= 11 is 0. The van der Waals surface area contributed by atoms with Gasteiger partial charge < -0.3 is 25.2 Å². The largest absolute Gasteiger partial charge is 0.489 e. The van der Waals surface area contributed by atoms with Gasteiger partial charge in [-0.15, -0.1) is 0 Å². The van der Waals surface area contributed by atoms with E-state index in [-0.39, 0.29) is 40.2 Å². The van der Waals surface area contributed by atoms with Gasteiger partial charge in [0.2, 0.25) is 11.9 Å². The van der Waals surface area contributed by atoms with E-state index in [4.69, 9.17) is 9.72 Å². The molecule has 0 unspecified atom stereocenters. The number of rotatable bonds is 10. The number of halogens is 1. The van der Waals surface area contributed by atoms with E-state index in [1.165, 1.54) is 47.0 Å². The third-order valence-corrected chi connectivity index (χ3v) is 11.6. The minimum Gasteiger partial charge on any atom is -0.489 e. The number of benzene rings is 3. The Hall–Kier alpha value is -7.39. The van der Waals surface area contributed by atoms with Gasteiger partial charge in [-0.2, -0.15) is 9.97 Å². The van der Waals surface area contributed by atoms with Crippen LogP contribution in [0.25, 0.3) is 22.3 Å². The van der Waals surface area contributed by atoms with Gasteiger partial charge in [-0.3, -0.25) is 47.1 Å². The zero-order valence-corrected chi connectivity index (χ0v) is 35.9. The van der Waals surface area contributed by atoms with E-state index in [0.29, 0.717) is 62.4 Å². The first-order valence-electron chi connectivity index (χ1n) is 20.7. The number of ether oxygens (including phenoxy) is 1. The molecule has 2 N–H and O–H groups in total. The average molecular weight is 878 g/mol. The molecule has 2 fully saturated rings. The van der Waals surface area contributed by atoms with Crippen molar-refractivity contribution >= 4 is 39.9 Å². The predicted octanol–water partition coefficient (Wildman–Crippen LogP) is 1.41. The molecule has 0 atom stereocenters. The van der Waals surface area contributed by atoms with Crippen LogP contribution in [0.2, 0.25) is 0 Å². The van der Waals surface area contributed by atoms with Crippen LogP contribution in [-0.4, -0.2) is 94.7 Å². The summed E-state index contributed by atoms with van der Waals surface area (Å²) in [5, 5.41) is 18.0. The molecule has 9 rings (SSSR count). The molecule has 7 aromatic rings. The molecule has 4 aromatic heterocycles. The highest BCUT2D eigenvalue weighted by atomic mass is 19.1. The number of nitro benzene ring substituents is 1. The number of anilines is 2. The molecule has 334 valence electrons. The number of imidazole rings is 2. The highest BCUT2D eigenvalue weighted by molar-refractivity contribution is 5.76. The van der Waals surface area contributed by atoms with E-state index in [2.05, 4.69) is 20.5 Å². The lowest BCUT2D eigenvalue weighted by Crippen LogP contribution is -2.44. The van der Waals surface area contributed by atoms with Crippen LogP contribution in [0, 0.1) is 15.9 Å². The van der Waals surface area contributed by atoms with Crippen LogP contribution < -0.4 is 47.7 Å². The van der Waals surface area contributed by atoms with Gasteiger partial charge in [0.05, 0.1) is 23.6 Å². The molecule has 2 aliphatic heterocycles. The van der Waals surface area contributed by atoms with Gasteiger partial charge in [-0.25, -0.2) is 14.0 Å². The Morgan fingerprint density at radius 2 is 1.14 bits per heavy atom. The van der Waals surface area contributed by atoms with Crippen LogP contribution >= 0.6 is 0 Å². The van der Waals surface area contributed by atoms with Gasteiger partial charge in [0.15, 0.2) is 22.3 Å². The second-order valence-corrected chi connectivity index (χ2v) is 15.6. The smallest absolute Gasteiger partial charge is 0.332 e. The summed E-state index contributed by atoms with van der Waals surface area (Å²) in [7, 11) is 6.00. The first-order valence-corrected chi connectivity index (χ1v) is 20.7. The van der Waals surface area contributed by atoms with Gasteiger partial charge in [0.1, 0.15) is 18.2 Å². The summed E-state index contributed by atoms with van der Waals surface area (Å²) in [5.74, 6) is 1.10. The molecule has 6 heterocycles. The minimum atomic E-state index is -0.751. The lowest BCUT2D eigenvalue weighted by Gasteiger charge is -2.28. The molecule has 64 heavy (non-hydrogen) atoms. The molecule has 20 nitrogen and oxygen atoms in total. The molecule has 0 bridgehead atoms. The van der Waals surface area contributed by atoms with E-state index in [1.54, 1.807) is 7.05 Å². The van der Waals surface area contributed by atoms with E-state index in [9.17, 15) is 33.7 Å². The van der Waals surface area contributed by atoms with Crippen LogP contribution in [0.1, 0.15) is 16.7 Å². The summed E-state index contributed by atoms with van der Waals surface area (Å²) in [6, 6.07) is 21.5. The Morgan fingerprint density at radius 1 is 0.641 bits per heavy atom. The summed E-state index contributed by atoms with van der Waals surface area (Å²) in [6.45, 7) is 6.46. The first kappa shape index (κ1) is 43.3. The van der Waals surface area contributed by atoms with Gasteiger partial charge in [-0.05, 0) is 29.3 Å². The number of fused-ring (bicyclic) bond motifs is 2. The number of nitro groups is 1. The first-order chi connectivity index (χ1) is 30.8. The van der Waals surface area contributed by atoms with Crippen LogP contribution in [-0.2, 0) is 47.9 Å². The topological polar surface area (TPSA) is 207 Å². The number of aromatic nitrogens is 8. The van der Waals surface area contributed by atoms with Crippen molar-refractivity contribution in [3.8, 4) is 5.75 Å². The lowest BCUT2D eigenvalue weighted by molar-refractivity contribution is -0.385. The number of nitrogens with zero attached hydrogens (tertiary/aromatic N) is 11. The normalized spacial score (nSPS) is 14.2. The molecule has 0 spiro atoms. The van der Waals surface area contributed by atoms with Crippen LogP contribution in [0.15, 0.2) is 92.0 Å². The second-order valence-electron chi connectivity index (χ2n) is 15.6. The van der Waals surface area contributed by atoms with Gasteiger partial charge >= 0.3 is 11.4 Å². The minimum absolute atomic E-state index is 0.0886. The number of hydrogen-bond acceptors (Lipinski definition) is 13. The molecule has 0 saturated carbocycles. The third kappa shape index (κ3) is 8.29. The molecule has 0 aliphatic carbocycles. The highest BCUT2D eigenvalue weighted by Gasteiger charge is 2.28. The summed E-state index contributed by atoms with van der Waals surface area (Å²) in [6.07, 6.45) is 0. The van der Waals surface area contributed by atoms with E-state index >= 15 is 0 Å². The van der Waals surface area contributed by atoms with Crippen molar-refractivity contribution in [2.24, 2.45) is 28.2 Å². The monoisotopic (exact) mass is 877 g/mol. The molecule has 0 amide bonds. The second kappa shape index (κ2) is 18.1. The van der Waals surface area contributed by atoms with Crippen molar-refractivity contribution < 1.29 is 14.1 Å². The van der Waals surface area contributed by atoms with Crippen LogP contribution in [0.5, 0.6) is 5.75 Å². The van der Waals surface area contributed by atoms with Crippen LogP contribution in [0.3, 0.4) is 0 Å². The third-order valence-electron chi connectivity index (χ3n) is 11.6. The van der Waals surface area contributed by atoms with Crippen molar-refractivity contribution in [3.05, 3.63) is 147 Å². The Labute approximate surface area is 364 Å². The highest BCUT2D eigenvalue weighted by Crippen LogP contribution is 2.28. The fraction of sp³-hybridized carbons (Fsp3) is 0.349. The lowest BCUT2D eigenvalue weighted by atomic mass is 10.1. The summed E-state index contributed by atoms with van der Waals surface area (Å²) in [5.41, 5.74) is 0.801. The Bertz CT molecular complexity index is 3100. The maximum atomic E-state index is 14.6. The van der Waals surface area contributed by atoms with Crippen molar-refractivity contribution in [1.82, 2.24) is 48.0 Å². The maximum Gasteiger partial charge on any atom is 0.332 e. The van der Waals surface area contributed by atoms with Gasteiger partial charge in [0.25, 0.3) is 16.8 Å².